The van der Waals surface area contributed by atoms with Crippen molar-refractivity contribution in [2.24, 2.45) is 0 Å². The molecule has 0 N–H and O–H groups in total. The van der Waals surface area contributed by atoms with Crippen LogP contribution >= 0.6 is 0 Å². The van der Waals surface area contributed by atoms with E-state index in [1.165, 1.54) is 6.92 Å². The van der Waals surface area contributed by atoms with Crippen LogP contribution in [0.5, 0.6) is 0 Å². The Morgan fingerprint density at radius 2 is 1.86 bits per heavy atom. The molecular weight excluding hydrogens is 178 g/mol. The van der Waals surface area contributed by atoms with Crippen molar-refractivity contribution in [1.29, 1.82) is 0 Å². The molecule has 0 aromatic carbocycles. The number of rotatable bonds is 3. The van der Waals surface area contributed by atoms with Gasteiger partial charge in [-0.25, -0.2) is 0 Å². The van der Waals surface area contributed by atoms with Crippen molar-refractivity contribution in [3.8, 4) is 0 Å². The van der Waals surface area contributed by atoms with Crippen molar-refractivity contribution in [2.75, 3.05) is 7.11 Å². The van der Waals surface area contributed by atoms with E-state index in [9.17, 15) is 4.79 Å². The molecule has 1 aromatic heterocycles. The molecule has 14 heavy (non-hydrogen) atoms. The quantitative estimate of drug-likeness (QED) is 0.542. The molecule has 3 heteroatoms. The van der Waals surface area contributed by atoms with E-state index in [-0.39, 0.29) is 5.78 Å². The summed E-state index contributed by atoms with van der Waals surface area (Å²) < 4.78 is 5.07. The molecule has 0 aliphatic rings. The number of hydrogen-bond donors (Lipinski definition) is 0. The Labute approximate surface area is 83.4 Å². The van der Waals surface area contributed by atoms with Gasteiger partial charge in [0.15, 0.2) is 5.78 Å². The second kappa shape index (κ2) is 4.56. The number of carbonyl (C=O) groups excluding carboxylic acids is 1. The van der Waals surface area contributed by atoms with E-state index < -0.39 is 0 Å². The van der Waals surface area contributed by atoms with Gasteiger partial charge < -0.3 is 4.74 Å². The van der Waals surface area contributed by atoms with Crippen LogP contribution in [0.3, 0.4) is 0 Å². The minimum Gasteiger partial charge on any atom is -0.501 e. The zero-order valence-electron chi connectivity index (χ0n) is 8.57. The van der Waals surface area contributed by atoms with Crippen LogP contribution in [0.1, 0.15) is 19.4 Å². The van der Waals surface area contributed by atoms with Crippen LogP contribution in [0.25, 0.3) is 5.57 Å². The molecule has 0 unspecified atom stereocenters. The SMILES string of the molecule is CO/C(C)=C(\C(C)=O)c1ccncc1. The largest absolute Gasteiger partial charge is 0.501 e. The third-order valence-corrected chi connectivity index (χ3v) is 1.98. The van der Waals surface area contributed by atoms with E-state index in [1.807, 2.05) is 0 Å². The first-order valence-corrected chi connectivity index (χ1v) is 4.33. The molecule has 0 fully saturated rings. The van der Waals surface area contributed by atoms with E-state index in [0.717, 1.165) is 5.56 Å². The lowest BCUT2D eigenvalue weighted by Gasteiger charge is -2.07. The summed E-state index contributed by atoms with van der Waals surface area (Å²) in [7, 11) is 1.56. The Kier molecular flexibility index (Phi) is 3.40. The van der Waals surface area contributed by atoms with Crippen LogP contribution in [0.15, 0.2) is 30.3 Å². The van der Waals surface area contributed by atoms with Gasteiger partial charge in [0.2, 0.25) is 0 Å². The molecule has 74 valence electrons. The minimum absolute atomic E-state index is 0.00412. The van der Waals surface area contributed by atoms with Gasteiger partial charge >= 0.3 is 0 Å². The highest BCUT2D eigenvalue weighted by Crippen LogP contribution is 2.19. The molecule has 3 nitrogen and oxygen atoms in total. The maximum atomic E-state index is 11.4. The first-order chi connectivity index (χ1) is 6.66. The Bertz CT molecular complexity index is 355. The lowest BCUT2D eigenvalue weighted by atomic mass is 10.0. The number of ether oxygens (including phenoxy) is 1. The van der Waals surface area contributed by atoms with Crippen molar-refractivity contribution in [2.45, 2.75) is 13.8 Å². The maximum absolute atomic E-state index is 11.4. The Morgan fingerprint density at radius 3 is 2.29 bits per heavy atom. The fraction of sp³-hybridized carbons (Fsp3) is 0.273. The molecule has 0 saturated heterocycles. The molecule has 0 aliphatic carbocycles. The van der Waals surface area contributed by atoms with Crippen LogP contribution < -0.4 is 0 Å². The van der Waals surface area contributed by atoms with Gasteiger partial charge in [-0.2, -0.15) is 0 Å². The van der Waals surface area contributed by atoms with Crippen LogP contribution in [-0.2, 0) is 9.53 Å². The van der Waals surface area contributed by atoms with E-state index in [4.69, 9.17) is 4.74 Å². The van der Waals surface area contributed by atoms with Crippen molar-refractivity contribution in [1.82, 2.24) is 4.98 Å². The number of nitrogens with zero attached hydrogens (tertiary/aromatic N) is 1. The van der Waals surface area contributed by atoms with Crippen LogP contribution in [0.4, 0.5) is 0 Å². The molecule has 1 heterocycles. The van der Waals surface area contributed by atoms with Crippen molar-refractivity contribution < 1.29 is 9.53 Å². The zero-order valence-corrected chi connectivity index (χ0v) is 8.57. The summed E-state index contributed by atoms with van der Waals surface area (Å²) in [5.74, 6) is 0.624. The highest BCUT2D eigenvalue weighted by Gasteiger charge is 2.11. The standard InChI is InChI=1S/C11H13NO2/c1-8(13)11(9(2)14-3)10-4-6-12-7-5-10/h4-7H,1-3H3/b11-9+. The number of hydrogen-bond acceptors (Lipinski definition) is 3. The lowest BCUT2D eigenvalue weighted by Crippen LogP contribution is -2.00. The summed E-state index contributed by atoms with van der Waals surface area (Å²) in [5, 5.41) is 0. The van der Waals surface area contributed by atoms with E-state index in [1.54, 1.807) is 38.6 Å². The average molecular weight is 191 g/mol. The van der Waals surface area contributed by atoms with Gasteiger partial charge in [-0.1, -0.05) is 0 Å². The lowest BCUT2D eigenvalue weighted by molar-refractivity contribution is -0.111. The molecule has 0 amide bonds. The number of carbonyl (C=O) groups is 1. The molecule has 1 aromatic rings. The predicted octanol–water partition coefficient (Wildman–Crippen LogP) is 2.05. The van der Waals surface area contributed by atoms with Crippen LogP contribution in [-0.4, -0.2) is 17.9 Å². The molecule has 1 rings (SSSR count). The summed E-state index contributed by atoms with van der Waals surface area (Å²) in [6, 6.07) is 3.58. The third kappa shape index (κ3) is 2.19. The van der Waals surface area contributed by atoms with Crippen molar-refractivity contribution in [3.05, 3.63) is 35.8 Å². The molecule has 0 spiro atoms. The van der Waals surface area contributed by atoms with Gasteiger partial charge in [-0.3, -0.25) is 9.78 Å². The minimum atomic E-state index is -0.00412. The number of methoxy groups -OCH3 is 1. The second-order valence-electron chi connectivity index (χ2n) is 2.93. The monoisotopic (exact) mass is 191 g/mol. The highest BCUT2D eigenvalue weighted by molar-refractivity contribution is 6.20. The third-order valence-electron chi connectivity index (χ3n) is 1.98. The maximum Gasteiger partial charge on any atom is 0.163 e. The first kappa shape index (κ1) is 10.4. The van der Waals surface area contributed by atoms with Gasteiger partial charge in [0, 0.05) is 12.4 Å². The summed E-state index contributed by atoms with van der Waals surface area (Å²) >= 11 is 0. The number of ketones is 1. The van der Waals surface area contributed by atoms with Gasteiger partial charge in [-0.15, -0.1) is 0 Å². The number of aromatic nitrogens is 1. The molecular formula is C11H13NO2. The Hall–Kier alpha value is -1.64. The van der Waals surface area contributed by atoms with E-state index >= 15 is 0 Å². The van der Waals surface area contributed by atoms with Crippen LogP contribution in [0.2, 0.25) is 0 Å². The first-order valence-electron chi connectivity index (χ1n) is 4.33. The van der Waals surface area contributed by atoms with Gasteiger partial charge in [-0.05, 0) is 31.5 Å². The number of Topliss-reactive ketones (excluding diaryl/α,β-unsaturated/α-hetero) is 1. The van der Waals surface area contributed by atoms with Gasteiger partial charge in [0.1, 0.15) is 5.76 Å². The zero-order chi connectivity index (χ0) is 10.6. The van der Waals surface area contributed by atoms with Crippen molar-refractivity contribution >= 4 is 11.4 Å². The van der Waals surface area contributed by atoms with E-state index in [0.29, 0.717) is 11.3 Å². The normalized spacial score (nSPS) is 11.9. The second-order valence-corrected chi connectivity index (χ2v) is 2.93. The molecule has 0 saturated carbocycles. The summed E-state index contributed by atoms with van der Waals surface area (Å²) in [6.07, 6.45) is 3.31. The Balaban J connectivity index is 3.21. The summed E-state index contributed by atoms with van der Waals surface area (Å²) in [5.41, 5.74) is 1.45. The number of pyridine rings is 1. The Morgan fingerprint density at radius 1 is 1.29 bits per heavy atom. The molecule has 0 atom stereocenters. The molecule has 0 bridgehead atoms. The fourth-order valence-electron chi connectivity index (χ4n) is 1.28. The average Bonchev–Trinajstić information content (AvgIpc) is 2.19. The number of allylic oxidation sites excluding steroid dienone is 2. The smallest absolute Gasteiger partial charge is 0.163 e. The topological polar surface area (TPSA) is 39.2 Å². The predicted molar refractivity (Wildman–Crippen MR) is 54.5 cm³/mol. The summed E-state index contributed by atoms with van der Waals surface area (Å²) in [4.78, 5) is 15.3. The molecule has 0 aliphatic heterocycles. The molecule has 0 radical (unpaired) electrons. The van der Waals surface area contributed by atoms with E-state index in [2.05, 4.69) is 4.98 Å². The van der Waals surface area contributed by atoms with Crippen molar-refractivity contribution in [3.63, 3.8) is 0 Å². The fourth-order valence-corrected chi connectivity index (χ4v) is 1.28. The van der Waals surface area contributed by atoms with Crippen LogP contribution in [0, 0.1) is 0 Å². The summed E-state index contributed by atoms with van der Waals surface area (Å²) in [6.45, 7) is 3.30. The van der Waals surface area contributed by atoms with Gasteiger partial charge in [0.25, 0.3) is 0 Å². The van der Waals surface area contributed by atoms with Gasteiger partial charge in [0.05, 0.1) is 12.7 Å². The highest BCUT2D eigenvalue weighted by atomic mass is 16.5.